The van der Waals surface area contributed by atoms with Crippen LogP contribution in [0.4, 0.5) is 0 Å². The van der Waals surface area contributed by atoms with Gasteiger partial charge >= 0.3 is 0 Å². The van der Waals surface area contributed by atoms with Gasteiger partial charge in [-0.2, -0.15) is 0 Å². The van der Waals surface area contributed by atoms with Gasteiger partial charge in [0.2, 0.25) is 11.8 Å². The third-order valence-corrected chi connectivity index (χ3v) is 7.94. The van der Waals surface area contributed by atoms with Crippen LogP contribution in [0.2, 0.25) is 0 Å². The van der Waals surface area contributed by atoms with Crippen molar-refractivity contribution in [3.05, 3.63) is 96.1 Å². The molecule has 2 heterocycles. The molecule has 1 atom stereocenters. The van der Waals surface area contributed by atoms with Crippen LogP contribution in [0.25, 0.3) is 32.3 Å². The first kappa shape index (κ1) is 21.3. The smallest absolute Gasteiger partial charge is 0.247 e. The predicted octanol–water partition coefficient (Wildman–Crippen LogP) is 4.64. The molecule has 0 aliphatic carbocycles. The van der Waals surface area contributed by atoms with Gasteiger partial charge in [-0.1, -0.05) is 84.9 Å². The molecule has 2 amide bonds. The third kappa shape index (κ3) is 3.42. The van der Waals surface area contributed by atoms with E-state index in [0.29, 0.717) is 19.6 Å². The van der Waals surface area contributed by atoms with E-state index < -0.39 is 6.04 Å². The maximum atomic E-state index is 13.5. The zero-order valence-corrected chi connectivity index (χ0v) is 20.1. The SMILES string of the molecule is O=C1C2CN(Cc3ccc4ccc5cccc6ccc3c4c56)CCN2C(=O)CN1Cc1ccccc1. The molecule has 5 aromatic rings. The van der Waals surface area contributed by atoms with E-state index >= 15 is 0 Å². The number of nitrogens with zero attached hydrogens (tertiary/aromatic N) is 3. The number of hydrogen-bond acceptors (Lipinski definition) is 3. The predicted molar refractivity (Wildman–Crippen MR) is 143 cm³/mol. The van der Waals surface area contributed by atoms with E-state index in [2.05, 4.69) is 59.5 Å². The van der Waals surface area contributed by atoms with Gasteiger partial charge in [-0.15, -0.1) is 0 Å². The molecule has 5 aromatic carbocycles. The molecular formula is C31H27N3O2. The molecule has 2 aliphatic heterocycles. The average molecular weight is 474 g/mol. The van der Waals surface area contributed by atoms with E-state index in [1.54, 1.807) is 9.80 Å². The summed E-state index contributed by atoms with van der Waals surface area (Å²) >= 11 is 0. The Morgan fingerprint density at radius 2 is 1.42 bits per heavy atom. The van der Waals surface area contributed by atoms with Gasteiger partial charge < -0.3 is 9.80 Å². The van der Waals surface area contributed by atoms with Crippen molar-refractivity contribution in [3.63, 3.8) is 0 Å². The van der Waals surface area contributed by atoms with Gasteiger partial charge in [0.05, 0.1) is 0 Å². The van der Waals surface area contributed by atoms with Gasteiger partial charge in [-0.3, -0.25) is 14.5 Å². The van der Waals surface area contributed by atoms with E-state index in [9.17, 15) is 9.59 Å². The Morgan fingerprint density at radius 1 is 0.694 bits per heavy atom. The summed E-state index contributed by atoms with van der Waals surface area (Å²) < 4.78 is 0. The molecule has 178 valence electrons. The number of hydrogen-bond donors (Lipinski definition) is 0. The Labute approximate surface area is 209 Å². The highest BCUT2D eigenvalue weighted by molar-refractivity contribution is 6.23. The lowest BCUT2D eigenvalue weighted by atomic mass is 9.91. The first-order valence-electron chi connectivity index (χ1n) is 12.7. The first-order chi connectivity index (χ1) is 17.7. The summed E-state index contributed by atoms with van der Waals surface area (Å²) in [6.45, 7) is 3.34. The lowest BCUT2D eigenvalue weighted by Gasteiger charge is -2.46. The van der Waals surface area contributed by atoms with Gasteiger partial charge in [0, 0.05) is 32.7 Å². The zero-order valence-electron chi connectivity index (χ0n) is 20.1. The molecule has 5 nitrogen and oxygen atoms in total. The molecule has 0 spiro atoms. The van der Waals surface area contributed by atoms with Crippen molar-refractivity contribution < 1.29 is 9.59 Å². The number of rotatable bonds is 4. The van der Waals surface area contributed by atoms with Gasteiger partial charge in [-0.25, -0.2) is 0 Å². The molecule has 2 saturated heterocycles. The highest BCUT2D eigenvalue weighted by Crippen LogP contribution is 2.36. The number of benzene rings is 5. The summed E-state index contributed by atoms with van der Waals surface area (Å²) in [5.74, 6) is 0.108. The van der Waals surface area contributed by atoms with E-state index in [4.69, 9.17) is 0 Å². The molecular weight excluding hydrogens is 446 g/mol. The molecule has 0 bridgehead atoms. The fourth-order valence-electron chi connectivity index (χ4n) is 6.15. The molecule has 0 aromatic heterocycles. The largest absolute Gasteiger partial charge is 0.327 e. The number of carbonyl (C=O) groups is 2. The Bertz CT molecular complexity index is 1600. The van der Waals surface area contributed by atoms with Crippen LogP contribution in [0.1, 0.15) is 11.1 Å². The maximum absolute atomic E-state index is 13.5. The third-order valence-electron chi connectivity index (χ3n) is 7.94. The number of carbonyl (C=O) groups excluding carboxylic acids is 2. The van der Waals surface area contributed by atoms with E-state index in [0.717, 1.165) is 18.7 Å². The summed E-state index contributed by atoms with van der Waals surface area (Å²) in [5.41, 5.74) is 2.32. The van der Waals surface area contributed by atoms with Gasteiger partial charge in [0.1, 0.15) is 12.6 Å². The van der Waals surface area contributed by atoms with E-state index in [1.807, 2.05) is 30.3 Å². The monoisotopic (exact) mass is 473 g/mol. The fourth-order valence-corrected chi connectivity index (χ4v) is 6.15. The van der Waals surface area contributed by atoms with Crippen LogP contribution in [0.15, 0.2) is 84.9 Å². The Hall–Kier alpha value is -3.96. The van der Waals surface area contributed by atoms with Crippen molar-refractivity contribution >= 4 is 44.1 Å². The van der Waals surface area contributed by atoms with Crippen LogP contribution < -0.4 is 0 Å². The fraction of sp³-hybridized carbons (Fsp3) is 0.226. The first-order valence-corrected chi connectivity index (χ1v) is 12.7. The number of piperazine rings is 2. The average Bonchev–Trinajstić information content (AvgIpc) is 2.91. The van der Waals surface area contributed by atoms with Crippen LogP contribution in [-0.4, -0.2) is 58.7 Å². The van der Waals surface area contributed by atoms with E-state index in [1.165, 1.54) is 37.9 Å². The second-order valence-electron chi connectivity index (χ2n) is 10.1. The molecule has 0 N–H and O–H groups in total. The lowest BCUT2D eigenvalue weighted by molar-refractivity contribution is -0.160. The van der Waals surface area contributed by atoms with Crippen molar-refractivity contribution in [2.24, 2.45) is 0 Å². The van der Waals surface area contributed by atoms with Crippen LogP contribution in [0, 0.1) is 0 Å². The Morgan fingerprint density at radius 3 is 2.22 bits per heavy atom. The topological polar surface area (TPSA) is 43.9 Å². The standard InChI is InChI=1S/C31H27N3O2/c35-28-20-33(17-21-5-2-1-3-6-21)31(36)27-19-32(15-16-34(27)28)18-25-12-11-24-10-9-22-7-4-8-23-13-14-26(25)30(24)29(22)23/h1-14,27H,15-20H2. The van der Waals surface area contributed by atoms with Crippen LogP contribution in [0.3, 0.4) is 0 Å². The Kier molecular flexibility index (Phi) is 4.93. The maximum Gasteiger partial charge on any atom is 0.247 e. The highest BCUT2D eigenvalue weighted by atomic mass is 16.2. The van der Waals surface area contributed by atoms with Crippen LogP contribution in [0.5, 0.6) is 0 Å². The van der Waals surface area contributed by atoms with Gasteiger partial charge in [0.25, 0.3) is 0 Å². The Balaban J connectivity index is 1.17. The summed E-state index contributed by atoms with van der Waals surface area (Å²) in [5, 5.41) is 7.70. The van der Waals surface area contributed by atoms with Crippen molar-refractivity contribution in [1.82, 2.24) is 14.7 Å². The van der Waals surface area contributed by atoms with E-state index in [-0.39, 0.29) is 18.4 Å². The number of fused-ring (bicyclic) bond motifs is 1. The van der Waals surface area contributed by atoms with Crippen molar-refractivity contribution in [1.29, 1.82) is 0 Å². The van der Waals surface area contributed by atoms with Crippen molar-refractivity contribution in [2.75, 3.05) is 26.2 Å². The molecule has 36 heavy (non-hydrogen) atoms. The summed E-state index contributed by atoms with van der Waals surface area (Å²) in [7, 11) is 0. The molecule has 7 rings (SSSR count). The summed E-state index contributed by atoms with van der Waals surface area (Å²) in [6.07, 6.45) is 0. The molecule has 1 unspecified atom stereocenters. The normalized spacial score (nSPS) is 19.1. The minimum absolute atomic E-state index is 0.0536. The highest BCUT2D eigenvalue weighted by Gasteiger charge is 2.42. The summed E-state index contributed by atoms with van der Waals surface area (Å²) in [4.78, 5) is 32.2. The second kappa shape index (κ2) is 8.32. The molecule has 5 heteroatoms. The molecule has 2 aliphatic rings. The molecule has 0 saturated carbocycles. The van der Waals surface area contributed by atoms with Crippen LogP contribution in [-0.2, 0) is 22.7 Å². The quantitative estimate of drug-likeness (QED) is 0.357. The summed E-state index contributed by atoms with van der Waals surface area (Å²) in [6, 6.07) is 29.3. The minimum atomic E-state index is -0.413. The van der Waals surface area contributed by atoms with Crippen molar-refractivity contribution in [2.45, 2.75) is 19.1 Å². The van der Waals surface area contributed by atoms with Crippen molar-refractivity contribution in [3.8, 4) is 0 Å². The van der Waals surface area contributed by atoms with Crippen LogP contribution >= 0.6 is 0 Å². The molecule has 0 radical (unpaired) electrons. The van der Waals surface area contributed by atoms with Gasteiger partial charge in [-0.05, 0) is 43.4 Å². The zero-order chi connectivity index (χ0) is 24.2. The minimum Gasteiger partial charge on any atom is -0.327 e. The lowest BCUT2D eigenvalue weighted by Crippen LogP contribution is -2.66. The molecule has 2 fully saturated rings. The van der Waals surface area contributed by atoms with Gasteiger partial charge in [0.15, 0.2) is 0 Å². The number of amides is 2. The second-order valence-corrected chi connectivity index (χ2v) is 10.1.